The largest absolute Gasteiger partial charge is 0.310 e. The van der Waals surface area contributed by atoms with Gasteiger partial charge in [0, 0.05) is 30.6 Å². The second kappa shape index (κ2) is 6.69. The van der Waals surface area contributed by atoms with Crippen LogP contribution in [0.15, 0.2) is 29.8 Å². The van der Waals surface area contributed by atoms with Crippen LogP contribution in [0.5, 0.6) is 0 Å². The van der Waals surface area contributed by atoms with Crippen molar-refractivity contribution >= 4 is 11.3 Å². The van der Waals surface area contributed by atoms with Crippen molar-refractivity contribution in [3.63, 3.8) is 0 Å². The quantitative estimate of drug-likeness (QED) is 0.850. The van der Waals surface area contributed by atoms with Gasteiger partial charge in [0.25, 0.3) is 0 Å². The highest BCUT2D eigenvalue weighted by Gasteiger charge is 2.19. The maximum absolute atomic E-state index is 4.31. The summed E-state index contributed by atoms with van der Waals surface area (Å²) < 4.78 is 0. The molecule has 1 N–H and O–H groups in total. The van der Waals surface area contributed by atoms with Gasteiger partial charge >= 0.3 is 0 Å². The molecule has 0 atom stereocenters. The molecule has 1 aliphatic carbocycles. The molecule has 1 aromatic carbocycles. The molecule has 4 heteroatoms. The van der Waals surface area contributed by atoms with Crippen LogP contribution in [0.1, 0.15) is 34.5 Å². The van der Waals surface area contributed by atoms with Gasteiger partial charge in [-0.15, -0.1) is 11.3 Å². The average molecular weight is 301 g/mol. The van der Waals surface area contributed by atoms with Crippen LogP contribution in [-0.2, 0) is 19.6 Å². The SMILES string of the molecule is Cc1ncsc1CN(C)Cc1ccc(CNC2CC2)cc1. The summed E-state index contributed by atoms with van der Waals surface area (Å²) in [6, 6.07) is 9.77. The third-order valence-corrected chi connectivity index (χ3v) is 4.83. The van der Waals surface area contributed by atoms with E-state index in [1.54, 1.807) is 11.3 Å². The topological polar surface area (TPSA) is 28.2 Å². The molecule has 0 amide bonds. The summed E-state index contributed by atoms with van der Waals surface area (Å²) in [5.41, 5.74) is 5.84. The van der Waals surface area contributed by atoms with Gasteiger partial charge in [-0.25, -0.2) is 4.98 Å². The minimum absolute atomic E-state index is 0.776. The van der Waals surface area contributed by atoms with Crippen LogP contribution in [0.2, 0.25) is 0 Å². The Balaban J connectivity index is 1.50. The normalized spacial score (nSPS) is 14.8. The van der Waals surface area contributed by atoms with E-state index >= 15 is 0 Å². The minimum Gasteiger partial charge on any atom is -0.310 e. The van der Waals surface area contributed by atoms with Crippen LogP contribution in [0.25, 0.3) is 0 Å². The van der Waals surface area contributed by atoms with Gasteiger partial charge in [-0.05, 0) is 37.9 Å². The molecule has 1 saturated carbocycles. The zero-order valence-electron chi connectivity index (χ0n) is 12.8. The fourth-order valence-electron chi connectivity index (χ4n) is 2.40. The van der Waals surface area contributed by atoms with Crippen LogP contribution in [0.3, 0.4) is 0 Å². The van der Waals surface area contributed by atoms with E-state index in [2.05, 4.69) is 53.4 Å². The molecule has 0 spiro atoms. The lowest BCUT2D eigenvalue weighted by Crippen LogP contribution is -2.17. The Morgan fingerprint density at radius 2 is 1.90 bits per heavy atom. The first-order valence-electron chi connectivity index (χ1n) is 7.59. The molecule has 0 radical (unpaired) electrons. The highest BCUT2D eigenvalue weighted by molar-refractivity contribution is 7.09. The lowest BCUT2D eigenvalue weighted by molar-refractivity contribution is 0.321. The Bertz CT molecular complexity index is 572. The number of thiazole rings is 1. The van der Waals surface area contributed by atoms with Crippen molar-refractivity contribution in [2.45, 2.75) is 45.4 Å². The second-order valence-electron chi connectivity index (χ2n) is 6.00. The maximum atomic E-state index is 4.31. The van der Waals surface area contributed by atoms with Gasteiger partial charge in [0.05, 0.1) is 11.2 Å². The number of hydrogen-bond acceptors (Lipinski definition) is 4. The van der Waals surface area contributed by atoms with E-state index < -0.39 is 0 Å². The Kier molecular flexibility index (Phi) is 4.68. The van der Waals surface area contributed by atoms with Crippen LogP contribution < -0.4 is 5.32 Å². The van der Waals surface area contributed by atoms with Crippen LogP contribution in [0.4, 0.5) is 0 Å². The summed E-state index contributed by atoms with van der Waals surface area (Å²) >= 11 is 1.75. The standard InChI is InChI=1S/C17H23N3S/c1-13-17(21-12-19-13)11-20(2)10-15-5-3-14(4-6-15)9-18-16-7-8-16/h3-6,12,16,18H,7-11H2,1-2H3. The van der Waals surface area contributed by atoms with E-state index in [1.807, 2.05) is 5.51 Å². The summed E-state index contributed by atoms with van der Waals surface area (Å²) in [5.74, 6) is 0. The Morgan fingerprint density at radius 3 is 2.52 bits per heavy atom. The van der Waals surface area contributed by atoms with Gasteiger partial charge in [-0.3, -0.25) is 4.90 Å². The Hall–Kier alpha value is -1.23. The first-order chi connectivity index (χ1) is 10.2. The van der Waals surface area contributed by atoms with Crippen molar-refractivity contribution in [1.29, 1.82) is 0 Å². The predicted molar refractivity (Wildman–Crippen MR) is 88.3 cm³/mol. The fourth-order valence-corrected chi connectivity index (χ4v) is 3.26. The summed E-state index contributed by atoms with van der Waals surface area (Å²) in [4.78, 5) is 8.02. The molecule has 0 aliphatic heterocycles. The number of hydrogen-bond donors (Lipinski definition) is 1. The third kappa shape index (κ3) is 4.37. The molecule has 2 aromatic rings. The summed E-state index contributed by atoms with van der Waals surface area (Å²) in [5, 5.41) is 3.55. The maximum Gasteiger partial charge on any atom is 0.0798 e. The average Bonchev–Trinajstić information content (AvgIpc) is 3.22. The molecule has 1 aliphatic rings. The van der Waals surface area contributed by atoms with Gasteiger partial charge in [0.1, 0.15) is 0 Å². The van der Waals surface area contributed by atoms with Crippen molar-refractivity contribution in [2.75, 3.05) is 7.05 Å². The Labute approximate surface area is 131 Å². The molecule has 0 unspecified atom stereocenters. The van der Waals surface area contributed by atoms with Gasteiger partial charge in [-0.2, -0.15) is 0 Å². The molecule has 3 nitrogen and oxygen atoms in total. The summed E-state index contributed by atoms with van der Waals surface area (Å²) in [6.07, 6.45) is 2.69. The van der Waals surface area contributed by atoms with Crippen molar-refractivity contribution < 1.29 is 0 Å². The predicted octanol–water partition coefficient (Wildman–Crippen LogP) is 3.34. The van der Waals surface area contributed by atoms with Gasteiger partial charge < -0.3 is 5.32 Å². The van der Waals surface area contributed by atoms with E-state index in [4.69, 9.17) is 0 Å². The molecule has 3 rings (SSSR count). The fraction of sp³-hybridized carbons (Fsp3) is 0.471. The highest BCUT2D eigenvalue weighted by atomic mass is 32.1. The zero-order chi connectivity index (χ0) is 14.7. The van der Waals surface area contributed by atoms with E-state index in [0.717, 1.165) is 31.4 Å². The van der Waals surface area contributed by atoms with Crippen molar-refractivity contribution in [2.24, 2.45) is 0 Å². The van der Waals surface area contributed by atoms with E-state index in [0.29, 0.717) is 0 Å². The van der Waals surface area contributed by atoms with Gasteiger partial charge in [0.15, 0.2) is 0 Å². The van der Waals surface area contributed by atoms with Gasteiger partial charge in [0.2, 0.25) is 0 Å². The monoisotopic (exact) mass is 301 g/mol. The van der Waals surface area contributed by atoms with Crippen LogP contribution in [0, 0.1) is 6.92 Å². The van der Waals surface area contributed by atoms with Crippen molar-refractivity contribution in [3.8, 4) is 0 Å². The minimum atomic E-state index is 0.776. The molecule has 0 bridgehead atoms. The van der Waals surface area contributed by atoms with Crippen LogP contribution >= 0.6 is 11.3 Å². The lowest BCUT2D eigenvalue weighted by Gasteiger charge is -2.16. The molecule has 1 fully saturated rings. The molecule has 0 saturated heterocycles. The molecule has 1 heterocycles. The van der Waals surface area contributed by atoms with E-state index in [-0.39, 0.29) is 0 Å². The molecule has 21 heavy (non-hydrogen) atoms. The van der Waals surface area contributed by atoms with E-state index in [1.165, 1.54) is 28.8 Å². The molecule has 1 aromatic heterocycles. The van der Waals surface area contributed by atoms with Gasteiger partial charge in [-0.1, -0.05) is 24.3 Å². The van der Waals surface area contributed by atoms with Crippen molar-refractivity contribution in [3.05, 3.63) is 51.5 Å². The highest BCUT2D eigenvalue weighted by Crippen LogP contribution is 2.19. The first-order valence-corrected chi connectivity index (χ1v) is 8.47. The smallest absolute Gasteiger partial charge is 0.0798 e. The lowest BCUT2D eigenvalue weighted by atomic mass is 10.1. The number of rotatable bonds is 7. The summed E-state index contributed by atoms with van der Waals surface area (Å²) in [6.45, 7) is 5.04. The second-order valence-corrected chi connectivity index (χ2v) is 6.94. The third-order valence-electron chi connectivity index (χ3n) is 3.91. The van der Waals surface area contributed by atoms with Crippen LogP contribution in [-0.4, -0.2) is 23.0 Å². The number of aryl methyl sites for hydroxylation is 1. The van der Waals surface area contributed by atoms with E-state index in [9.17, 15) is 0 Å². The zero-order valence-corrected chi connectivity index (χ0v) is 13.6. The number of benzene rings is 1. The first kappa shape index (κ1) is 14.7. The number of aromatic nitrogens is 1. The number of nitrogens with zero attached hydrogens (tertiary/aromatic N) is 2. The van der Waals surface area contributed by atoms with Crippen molar-refractivity contribution in [1.82, 2.24) is 15.2 Å². The molecular formula is C17H23N3S. The molecular weight excluding hydrogens is 278 g/mol. The molecule has 112 valence electrons. The summed E-state index contributed by atoms with van der Waals surface area (Å²) in [7, 11) is 2.17. The number of nitrogens with one attached hydrogen (secondary N) is 1. The Morgan fingerprint density at radius 1 is 1.19 bits per heavy atom.